The summed E-state index contributed by atoms with van der Waals surface area (Å²) >= 11 is 5.91. The summed E-state index contributed by atoms with van der Waals surface area (Å²) < 4.78 is 5.82. The molecule has 2 rings (SSSR count). The van der Waals surface area contributed by atoms with Crippen LogP contribution in [0.3, 0.4) is 0 Å². The van der Waals surface area contributed by atoms with Crippen molar-refractivity contribution in [3.8, 4) is 0 Å². The van der Waals surface area contributed by atoms with Crippen molar-refractivity contribution >= 4 is 17.3 Å². The molecule has 1 heterocycles. The molecular formula is C15H23ClN2O. The Morgan fingerprint density at radius 2 is 2.16 bits per heavy atom. The third-order valence-electron chi connectivity index (χ3n) is 3.81. The number of hydrogen-bond acceptors (Lipinski definition) is 3. The van der Waals surface area contributed by atoms with E-state index in [4.69, 9.17) is 22.1 Å². The van der Waals surface area contributed by atoms with E-state index in [0.717, 1.165) is 43.0 Å². The number of benzene rings is 1. The molecule has 1 fully saturated rings. The molecule has 0 aromatic heterocycles. The summed E-state index contributed by atoms with van der Waals surface area (Å²) in [5, 5.41) is 4.35. The van der Waals surface area contributed by atoms with Gasteiger partial charge in [0, 0.05) is 23.9 Å². The summed E-state index contributed by atoms with van der Waals surface area (Å²) in [5.41, 5.74) is 7.06. The van der Waals surface area contributed by atoms with Crippen molar-refractivity contribution in [3.63, 3.8) is 0 Å². The Balaban J connectivity index is 2.06. The van der Waals surface area contributed by atoms with Gasteiger partial charge in [-0.2, -0.15) is 0 Å². The highest BCUT2D eigenvalue weighted by atomic mass is 35.5. The fourth-order valence-corrected chi connectivity index (χ4v) is 2.84. The molecule has 2 unspecified atom stereocenters. The number of halogens is 1. The maximum absolute atomic E-state index is 6.03. The smallest absolute Gasteiger partial charge is 0.0597 e. The lowest BCUT2D eigenvalue weighted by Gasteiger charge is -2.41. The molecule has 1 aliphatic heterocycles. The van der Waals surface area contributed by atoms with Gasteiger partial charge in [0.15, 0.2) is 0 Å². The van der Waals surface area contributed by atoms with Crippen molar-refractivity contribution in [2.75, 3.05) is 18.5 Å². The Hall–Kier alpha value is -0.770. The lowest BCUT2D eigenvalue weighted by atomic mass is 9.85. The second-order valence-electron chi connectivity index (χ2n) is 5.35. The van der Waals surface area contributed by atoms with Crippen molar-refractivity contribution in [3.05, 3.63) is 29.3 Å². The average Bonchev–Trinajstić information content (AvgIpc) is 2.42. The van der Waals surface area contributed by atoms with E-state index in [1.54, 1.807) is 0 Å². The summed E-state index contributed by atoms with van der Waals surface area (Å²) in [6.45, 7) is 3.59. The van der Waals surface area contributed by atoms with Crippen LogP contribution in [0.5, 0.6) is 0 Å². The van der Waals surface area contributed by atoms with E-state index in [-0.39, 0.29) is 5.54 Å². The molecule has 1 aromatic carbocycles. The van der Waals surface area contributed by atoms with Crippen LogP contribution in [-0.2, 0) is 4.74 Å². The summed E-state index contributed by atoms with van der Waals surface area (Å²) in [6.07, 6.45) is 4.49. The third kappa shape index (κ3) is 3.85. The van der Waals surface area contributed by atoms with E-state index >= 15 is 0 Å². The molecule has 3 nitrogen and oxygen atoms in total. The van der Waals surface area contributed by atoms with Gasteiger partial charge in [-0.1, -0.05) is 24.9 Å². The predicted molar refractivity (Wildman–Crippen MR) is 80.7 cm³/mol. The van der Waals surface area contributed by atoms with Crippen molar-refractivity contribution in [2.24, 2.45) is 5.73 Å². The second-order valence-corrected chi connectivity index (χ2v) is 5.79. The van der Waals surface area contributed by atoms with Gasteiger partial charge in [-0.05, 0) is 43.5 Å². The lowest BCUT2D eigenvalue weighted by molar-refractivity contribution is -0.0155. The average molecular weight is 283 g/mol. The molecule has 106 valence electrons. The van der Waals surface area contributed by atoms with Crippen LogP contribution in [0.2, 0.25) is 5.02 Å². The van der Waals surface area contributed by atoms with Gasteiger partial charge in [0.1, 0.15) is 0 Å². The Morgan fingerprint density at radius 1 is 1.42 bits per heavy atom. The van der Waals surface area contributed by atoms with Gasteiger partial charge in [0.05, 0.1) is 11.6 Å². The highest BCUT2D eigenvalue weighted by molar-refractivity contribution is 6.30. The molecule has 0 aliphatic carbocycles. The topological polar surface area (TPSA) is 47.3 Å². The monoisotopic (exact) mass is 282 g/mol. The first-order chi connectivity index (χ1) is 9.17. The first-order valence-electron chi connectivity index (χ1n) is 7.03. The minimum absolute atomic E-state index is 0.0497. The van der Waals surface area contributed by atoms with E-state index < -0.39 is 0 Å². The SMILES string of the molecule is CCCC1CC(CN)(Nc2ccc(Cl)cc2)CCO1. The number of nitrogens with one attached hydrogen (secondary N) is 1. The zero-order valence-electron chi connectivity index (χ0n) is 11.5. The Bertz CT molecular complexity index is 394. The van der Waals surface area contributed by atoms with Crippen molar-refractivity contribution in [2.45, 2.75) is 44.2 Å². The van der Waals surface area contributed by atoms with Gasteiger partial charge in [-0.15, -0.1) is 0 Å². The van der Waals surface area contributed by atoms with Gasteiger partial charge < -0.3 is 15.8 Å². The van der Waals surface area contributed by atoms with Crippen molar-refractivity contribution in [1.29, 1.82) is 0 Å². The molecule has 19 heavy (non-hydrogen) atoms. The number of nitrogens with two attached hydrogens (primary N) is 1. The third-order valence-corrected chi connectivity index (χ3v) is 4.06. The minimum atomic E-state index is -0.0497. The first-order valence-corrected chi connectivity index (χ1v) is 7.41. The van der Waals surface area contributed by atoms with Gasteiger partial charge in [0.2, 0.25) is 0 Å². The quantitative estimate of drug-likeness (QED) is 0.870. The molecule has 4 heteroatoms. The summed E-state index contributed by atoms with van der Waals surface area (Å²) in [7, 11) is 0. The van der Waals surface area contributed by atoms with E-state index in [2.05, 4.69) is 12.2 Å². The van der Waals surface area contributed by atoms with Crippen LogP contribution in [0.4, 0.5) is 5.69 Å². The lowest BCUT2D eigenvalue weighted by Crippen LogP contribution is -2.52. The minimum Gasteiger partial charge on any atom is -0.378 e. The fraction of sp³-hybridized carbons (Fsp3) is 0.600. The molecule has 0 amide bonds. The van der Waals surface area contributed by atoms with Crippen LogP contribution in [0.15, 0.2) is 24.3 Å². The number of hydrogen-bond donors (Lipinski definition) is 2. The summed E-state index contributed by atoms with van der Waals surface area (Å²) in [5.74, 6) is 0. The van der Waals surface area contributed by atoms with E-state index in [0.29, 0.717) is 12.6 Å². The molecule has 0 bridgehead atoms. The number of anilines is 1. The molecule has 0 saturated carbocycles. The van der Waals surface area contributed by atoms with Crippen molar-refractivity contribution in [1.82, 2.24) is 0 Å². The molecule has 1 aromatic rings. The Morgan fingerprint density at radius 3 is 2.79 bits per heavy atom. The van der Waals surface area contributed by atoms with E-state index in [9.17, 15) is 0 Å². The number of ether oxygens (including phenoxy) is 1. The molecule has 1 aliphatic rings. The van der Waals surface area contributed by atoms with Crippen LogP contribution in [0, 0.1) is 0 Å². The zero-order chi connectivity index (χ0) is 13.7. The molecule has 1 saturated heterocycles. The molecule has 0 radical (unpaired) electrons. The fourth-order valence-electron chi connectivity index (χ4n) is 2.71. The molecule has 3 N–H and O–H groups in total. The van der Waals surface area contributed by atoms with Gasteiger partial charge in [-0.25, -0.2) is 0 Å². The maximum Gasteiger partial charge on any atom is 0.0597 e. The van der Waals surface area contributed by atoms with Crippen molar-refractivity contribution < 1.29 is 4.74 Å². The number of rotatable bonds is 5. The van der Waals surface area contributed by atoms with Crippen LogP contribution >= 0.6 is 11.6 Å². The summed E-state index contributed by atoms with van der Waals surface area (Å²) in [6, 6.07) is 7.81. The molecule has 0 spiro atoms. The van der Waals surface area contributed by atoms with E-state index in [1.807, 2.05) is 24.3 Å². The van der Waals surface area contributed by atoms with Crippen LogP contribution in [0.25, 0.3) is 0 Å². The van der Waals surface area contributed by atoms with E-state index in [1.165, 1.54) is 0 Å². The van der Waals surface area contributed by atoms with Crippen LogP contribution < -0.4 is 11.1 Å². The zero-order valence-corrected chi connectivity index (χ0v) is 12.2. The summed E-state index contributed by atoms with van der Waals surface area (Å²) in [4.78, 5) is 0. The standard InChI is InChI=1S/C15H23ClN2O/c1-2-3-14-10-15(11-17,8-9-19-14)18-13-6-4-12(16)5-7-13/h4-7,14,18H,2-3,8-11,17H2,1H3. The highest BCUT2D eigenvalue weighted by Crippen LogP contribution is 2.30. The van der Waals surface area contributed by atoms with Gasteiger partial charge >= 0.3 is 0 Å². The Kier molecular flexibility index (Phi) is 5.08. The molecule has 2 atom stereocenters. The Labute approximate surface area is 120 Å². The van der Waals surface area contributed by atoms with Gasteiger partial charge in [0.25, 0.3) is 0 Å². The van der Waals surface area contributed by atoms with Gasteiger partial charge in [-0.3, -0.25) is 0 Å². The molecular weight excluding hydrogens is 260 g/mol. The normalized spacial score (nSPS) is 27.2. The second kappa shape index (κ2) is 6.60. The first kappa shape index (κ1) is 14.6. The largest absolute Gasteiger partial charge is 0.378 e. The predicted octanol–water partition coefficient (Wildman–Crippen LogP) is 3.43. The highest BCUT2D eigenvalue weighted by Gasteiger charge is 2.35. The van der Waals surface area contributed by atoms with Crippen LogP contribution in [0.1, 0.15) is 32.6 Å². The maximum atomic E-state index is 6.03. The van der Waals surface area contributed by atoms with Crippen LogP contribution in [-0.4, -0.2) is 24.8 Å².